The lowest BCUT2D eigenvalue weighted by Crippen LogP contribution is -2.23. The molecule has 0 bridgehead atoms. The Morgan fingerprint density at radius 3 is 2.42 bits per heavy atom. The van der Waals surface area contributed by atoms with Crippen molar-refractivity contribution < 1.29 is 13.2 Å². The van der Waals surface area contributed by atoms with Gasteiger partial charge in [-0.3, -0.25) is 4.79 Å². The van der Waals surface area contributed by atoms with Crippen LogP contribution >= 0.6 is 11.6 Å². The Kier molecular flexibility index (Phi) is 4.95. The van der Waals surface area contributed by atoms with Crippen molar-refractivity contribution in [3.63, 3.8) is 0 Å². The third kappa shape index (κ3) is 3.68. The van der Waals surface area contributed by atoms with E-state index in [1.54, 1.807) is 19.9 Å². The Balaban J connectivity index is 3.19. The molecule has 0 saturated heterocycles. The fraction of sp³-hybridized carbons (Fsp3) is 0.417. The van der Waals surface area contributed by atoms with E-state index in [0.717, 1.165) is 9.87 Å². The predicted molar refractivity (Wildman–Crippen MR) is 76.0 cm³/mol. The van der Waals surface area contributed by atoms with E-state index >= 15 is 0 Å². The maximum Gasteiger partial charge on any atom is 0.242 e. The molecule has 1 unspecified atom stereocenters. The summed E-state index contributed by atoms with van der Waals surface area (Å²) in [5.41, 5.74) is 1.21. The molecule has 7 heteroatoms. The number of nitrogens with one attached hydrogen (secondary N) is 1. The highest BCUT2D eigenvalue weighted by atomic mass is 35.5. The van der Waals surface area contributed by atoms with Crippen molar-refractivity contribution in [2.24, 2.45) is 0 Å². The summed E-state index contributed by atoms with van der Waals surface area (Å²) in [6.45, 7) is 3.33. The summed E-state index contributed by atoms with van der Waals surface area (Å²) < 4.78 is 25.1. The van der Waals surface area contributed by atoms with Crippen molar-refractivity contribution in [2.75, 3.05) is 19.4 Å². The van der Waals surface area contributed by atoms with Gasteiger partial charge in [-0.2, -0.15) is 0 Å². The van der Waals surface area contributed by atoms with Gasteiger partial charge >= 0.3 is 0 Å². The summed E-state index contributed by atoms with van der Waals surface area (Å²) in [5.74, 6) is -0.371. The lowest BCUT2D eigenvalue weighted by atomic mass is 10.2. The Bertz CT molecular complexity index is 583. The quantitative estimate of drug-likeness (QED) is 0.863. The lowest BCUT2D eigenvalue weighted by Gasteiger charge is -2.14. The van der Waals surface area contributed by atoms with Crippen LogP contribution in [0.2, 0.25) is 0 Å². The molecule has 0 heterocycles. The number of sulfonamides is 1. The SMILES string of the molecule is Cc1ccc(S(=O)(=O)N(C)C)cc1NC(=O)C(C)Cl. The molecule has 1 N–H and O–H groups in total. The van der Waals surface area contributed by atoms with Gasteiger partial charge in [0.15, 0.2) is 0 Å². The summed E-state index contributed by atoms with van der Waals surface area (Å²) in [5, 5.41) is 1.92. The largest absolute Gasteiger partial charge is 0.325 e. The maximum atomic E-state index is 12.0. The van der Waals surface area contributed by atoms with E-state index in [0.29, 0.717) is 5.69 Å². The fourth-order valence-corrected chi connectivity index (χ4v) is 2.32. The fourth-order valence-electron chi connectivity index (χ4n) is 1.34. The van der Waals surface area contributed by atoms with Gasteiger partial charge in [0.25, 0.3) is 0 Å². The average Bonchev–Trinajstić information content (AvgIpc) is 2.31. The minimum atomic E-state index is -3.52. The summed E-state index contributed by atoms with van der Waals surface area (Å²) >= 11 is 5.67. The number of halogens is 1. The highest BCUT2D eigenvalue weighted by Crippen LogP contribution is 2.22. The zero-order chi connectivity index (χ0) is 14.8. The topological polar surface area (TPSA) is 66.5 Å². The molecule has 1 aromatic rings. The van der Waals surface area contributed by atoms with E-state index in [4.69, 9.17) is 11.6 Å². The number of amides is 1. The number of hydrogen-bond acceptors (Lipinski definition) is 3. The summed E-state index contributed by atoms with van der Waals surface area (Å²) in [4.78, 5) is 11.7. The van der Waals surface area contributed by atoms with E-state index in [1.165, 1.54) is 26.2 Å². The molecule has 0 aliphatic rings. The third-order valence-corrected chi connectivity index (χ3v) is 4.62. The van der Waals surface area contributed by atoms with Crippen LogP contribution in [-0.2, 0) is 14.8 Å². The van der Waals surface area contributed by atoms with Gasteiger partial charge in [-0.15, -0.1) is 11.6 Å². The van der Waals surface area contributed by atoms with E-state index in [1.807, 2.05) is 0 Å². The first-order valence-corrected chi connectivity index (χ1v) is 7.52. The molecular weight excluding hydrogens is 288 g/mol. The number of anilines is 1. The van der Waals surface area contributed by atoms with Crippen LogP contribution in [0.15, 0.2) is 23.1 Å². The standard InChI is InChI=1S/C12H17ClN2O3S/c1-8-5-6-10(19(17,18)15(3)4)7-11(8)14-12(16)9(2)13/h5-7,9H,1-4H3,(H,14,16). The van der Waals surface area contributed by atoms with Crippen molar-refractivity contribution in [1.29, 1.82) is 0 Å². The zero-order valence-electron chi connectivity index (χ0n) is 11.3. The average molecular weight is 305 g/mol. The summed E-state index contributed by atoms with van der Waals surface area (Å²) in [6.07, 6.45) is 0. The maximum absolute atomic E-state index is 12.0. The van der Waals surface area contributed by atoms with Crippen LogP contribution in [0.5, 0.6) is 0 Å². The van der Waals surface area contributed by atoms with Gasteiger partial charge in [-0.05, 0) is 31.5 Å². The third-order valence-electron chi connectivity index (χ3n) is 2.61. The van der Waals surface area contributed by atoms with Crippen molar-refractivity contribution in [3.8, 4) is 0 Å². The Morgan fingerprint density at radius 2 is 1.95 bits per heavy atom. The molecule has 106 valence electrons. The first kappa shape index (κ1) is 15.9. The Hall–Kier alpha value is -1.11. The molecule has 1 aromatic carbocycles. The van der Waals surface area contributed by atoms with Gasteiger partial charge in [0, 0.05) is 19.8 Å². The van der Waals surface area contributed by atoms with Crippen LogP contribution in [0, 0.1) is 6.92 Å². The molecule has 0 aromatic heterocycles. The molecule has 1 rings (SSSR count). The van der Waals surface area contributed by atoms with E-state index in [-0.39, 0.29) is 10.8 Å². The first-order chi connectivity index (χ1) is 8.66. The minimum Gasteiger partial charge on any atom is -0.325 e. The molecule has 0 fully saturated rings. The monoisotopic (exact) mass is 304 g/mol. The highest BCUT2D eigenvalue weighted by Gasteiger charge is 2.19. The van der Waals surface area contributed by atoms with Crippen molar-refractivity contribution in [2.45, 2.75) is 24.1 Å². The van der Waals surface area contributed by atoms with Crippen LogP contribution < -0.4 is 5.32 Å². The Labute approximate surface area is 118 Å². The molecule has 0 spiro atoms. The molecule has 0 aliphatic heterocycles. The predicted octanol–water partition coefficient (Wildman–Crippen LogP) is 1.81. The van der Waals surface area contributed by atoms with Gasteiger partial charge in [0.05, 0.1) is 4.90 Å². The molecule has 0 saturated carbocycles. The van der Waals surface area contributed by atoms with Gasteiger partial charge in [0.1, 0.15) is 5.38 Å². The number of carbonyl (C=O) groups is 1. The summed E-state index contributed by atoms with van der Waals surface area (Å²) in [7, 11) is -0.618. The van der Waals surface area contributed by atoms with Gasteiger partial charge in [-0.25, -0.2) is 12.7 Å². The number of aryl methyl sites for hydroxylation is 1. The van der Waals surface area contributed by atoms with Crippen molar-refractivity contribution in [3.05, 3.63) is 23.8 Å². The Morgan fingerprint density at radius 1 is 1.37 bits per heavy atom. The number of benzene rings is 1. The van der Waals surface area contributed by atoms with E-state index < -0.39 is 15.4 Å². The number of rotatable bonds is 4. The van der Waals surface area contributed by atoms with Gasteiger partial charge in [-0.1, -0.05) is 6.07 Å². The van der Waals surface area contributed by atoms with Crippen molar-refractivity contribution in [1.82, 2.24) is 4.31 Å². The molecule has 0 aliphatic carbocycles. The lowest BCUT2D eigenvalue weighted by molar-refractivity contribution is -0.115. The second-order valence-electron chi connectivity index (χ2n) is 4.37. The normalized spacial score (nSPS) is 13.4. The summed E-state index contributed by atoms with van der Waals surface area (Å²) in [6, 6.07) is 4.58. The molecule has 19 heavy (non-hydrogen) atoms. The van der Waals surface area contributed by atoms with Crippen molar-refractivity contribution >= 4 is 33.2 Å². The van der Waals surface area contributed by atoms with E-state index in [9.17, 15) is 13.2 Å². The highest BCUT2D eigenvalue weighted by molar-refractivity contribution is 7.89. The molecule has 5 nitrogen and oxygen atoms in total. The molecule has 1 atom stereocenters. The van der Waals surface area contributed by atoms with Gasteiger partial charge < -0.3 is 5.32 Å². The second kappa shape index (κ2) is 5.90. The number of nitrogens with zero attached hydrogens (tertiary/aromatic N) is 1. The number of carbonyl (C=O) groups excluding carboxylic acids is 1. The molecule has 0 radical (unpaired) electrons. The van der Waals surface area contributed by atoms with Crippen LogP contribution in [0.1, 0.15) is 12.5 Å². The molecular formula is C12H17ClN2O3S. The second-order valence-corrected chi connectivity index (χ2v) is 7.18. The van der Waals surface area contributed by atoms with Crippen LogP contribution in [0.3, 0.4) is 0 Å². The first-order valence-electron chi connectivity index (χ1n) is 5.64. The van der Waals surface area contributed by atoms with E-state index in [2.05, 4.69) is 5.32 Å². The number of hydrogen-bond donors (Lipinski definition) is 1. The number of alkyl halides is 1. The minimum absolute atomic E-state index is 0.126. The zero-order valence-corrected chi connectivity index (χ0v) is 12.8. The van der Waals surface area contributed by atoms with Gasteiger partial charge in [0.2, 0.25) is 15.9 Å². The molecule has 1 amide bonds. The smallest absolute Gasteiger partial charge is 0.242 e. The van der Waals surface area contributed by atoms with Crippen LogP contribution in [0.4, 0.5) is 5.69 Å². The van der Waals surface area contributed by atoms with Crippen LogP contribution in [0.25, 0.3) is 0 Å². The van der Waals surface area contributed by atoms with Crippen LogP contribution in [-0.4, -0.2) is 38.1 Å².